The number of phenols is 1. The fourth-order valence-corrected chi connectivity index (χ4v) is 5.73. The van der Waals surface area contributed by atoms with Crippen molar-refractivity contribution in [3.8, 4) is 5.75 Å². The van der Waals surface area contributed by atoms with E-state index in [1.165, 1.54) is 18.2 Å². The van der Waals surface area contributed by atoms with Crippen LogP contribution in [0.25, 0.3) is 0 Å². The molecule has 3 aliphatic carbocycles. The molecule has 1 N–H and O–H groups in total. The molecule has 1 aromatic rings. The van der Waals surface area contributed by atoms with Crippen molar-refractivity contribution in [3.63, 3.8) is 0 Å². The van der Waals surface area contributed by atoms with Crippen LogP contribution in [0, 0.1) is 23.2 Å². The molecule has 3 aliphatic rings. The van der Waals surface area contributed by atoms with Crippen LogP contribution in [0.3, 0.4) is 0 Å². The Kier molecular flexibility index (Phi) is 3.48. The number of carbonyl (C=O) groups is 2. The number of benzene rings is 1. The molecule has 4 rings (SSSR count). The summed E-state index contributed by atoms with van der Waals surface area (Å²) in [6, 6.07) is 5.71. The van der Waals surface area contributed by atoms with Gasteiger partial charge in [-0.15, -0.1) is 0 Å². The molecule has 5 atom stereocenters. The Balaban J connectivity index is 1.68. The van der Waals surface area contributed by atoms with Gasteiger partial charge in [-0.2, -0.15) is 0 Å². The van der Waals surface area contributed by atoms with Crippen molar-refractivity contribution in [2.24, 2.45) is 23.2 Å². The van der Waals surface area contributed by atoms with Gasteiger partial charge in [0.25, 0.3) is 0 Å². The van der Waals surface area contributed by atoms with Crippen LogP contribution in [-0.2, 0) is 20.7 Å². The van der Waals surface area contributed by atoms with Crippen LogP contribution in [-0.4, -0.2) is 24.0 Å². The Labute approximate surface area is 142 Å². The van der Waals surface area contributed by atoms with E-state index in [0.717, 1.165) is 25.7 Å². The van der Waals surface area contributed by atoms with Crippen LogP contribution in [0.2, 0.25) is 0 Å². The molecule has 0 bridgehead atoms. The second kappa shape index (κ2) is 5.33. The molecule has 4 heteroatoms. The van der Waals surface area contributed by atoms with Crippen LogP contribution in [0.1, 0.15) is 49.7 Å². The summed E-state index contributed by atoms with van der Waals surface area (Å²) in [4.78, 5) is 24.9. The van der Waals surface area contributed by atoms with Gasteiger partial charge in [0.05, 0.1) is 7.11 Å². The van der Waals surface area contributed by atoms with Crippen molar-refractivity contribution in [1.29, 1.82) is 0 Å². The normalized spacial score (nSPS) is 37.3. The van der Waals surface area contributed by atoms with Crippen molar-refractivity contribution >= 4 is 11.8 Å². The second-order valence-corrected chi connectivity index (χ2v) is 7.93. The number of methoxy groups -OCH3 is 1. The lowest BCUT2D eigenvalue weighted by atomic mass is 9.55. The maximum absolute atomic E-state index is 12.9. The number of phenolic OH excluding ortho intramolecular Hbond substituents is 1. The third kappa shape index (κ3) is 2.04. The van der Waals surface area contributed by atoms with Crippen LogP contribution >= 0.6 is 0 Å². The fourth-order valence-electron chi connectivity index (χ4n) is 5.73. The lowest BCUT2D eigenvalue weighted by Gasteiger charge is -2.48. The maximum atomic E-state index is 12.9. The highest BCUT2D eigenvalue weighted by atomic mass is 16.5. The third-order valence-corrected chi connectivity index (χ3v) is 6.95. The Bertz CT molecular complexity index is 710. The van der Waals surface area contributed by atoms with E-state index in [9.17, 15) is 14.7 Å². The van der Waals surface area contributed by atoms with Crippen LogP contribution in [0.15, 0.2) is 18.2 Å². The van der Waals surface area contributed by atoms with Gasteiger partial charge >= 0.3 is 5.97 Å². The lowest BCUT2D eigenvalue weighted by Crippen LogP contribution is -2.42. The van der Waals surface area contributed by atoms with Gasteiger partial charge in [-0.1, -0.05) is 13.0 Å². The van der Waals surface area contributed by atoms with Crippen molar-refractivity contribution in [1.82, 2.24) is 0 Å². The molecule has 0 radical (unpaired) electrons. The number of rotatable bonds is 1. The number of Topliss-reactive ketones (excluding diaryl/α,β-unsaturated/α-hetero) is 1. The van der Waals surface area contributed by atoms with Crippen LogP contribution in [0.5, 0.6) is 5.75 Å². The molecular formula is C20H24O4. The molecule has 0 aromatic heterocycles. The van der Waals surface area contributed by atoms with Crippen molar-refractivity contribution in [2.75, 3.05) is 7.11 Å². The van der Waals surface area contributed by atoms with Gasteiger partial charge in [-0.25, -0.2) is 0 Å². The summed E-state index contributed by atoms with van der Waals surface area (Å²) < 4.78 is 4.87. The minimum absolute atomic E-state index is 0.0919. The number of esters is 1. The highest BCUT2D eigenvalue weighted by molar-refractivity contribution is 6.03. The molecule has 0 spiro atoms. The monoisotopic (exact) mass is 328 g/mol. The molecule has 1 aromatic carbocycles. The average molecular weight is 328 g/mol. The lowest BCUT2D eigenvalue weighted by molar-refractivity contribution is -0.149. The maximum Gasteiger partial charge on any atom is 0.316 e. The Morgan fingerprint density at radius 1 is 1.33 bits per heavy atom. The SMILES string of the molecule is COC(=O)C1CC2C3CCc4cc(O)ccc4C3CCC2(C)C1=O. The second-order valence-electron chi connectivity index (χ2n) is 7.93. The number of hydrogen-bond donors (Lipinski definition) is 1. The molecular weight excluding hydrogens is 304 g/mol. The van der Waals surface area contributed by atoms with Gasteiger partial charge < -0.3 is 9.84 Å². The molecule has 2 fully saturated rings. The van der Waals surface area contributed by atoms with Gasteiger partial charge in [0, 0.05) is 5.41 Å². The largest absolute Gasteiger partial charge is 0.508 e. The molecule has 24 heavy (non-hydrogen) atoms. The first kappa shape index (κ1) is 15.7. The van der Waals surface area contributed by atoms with E-state index in [4.69, 9.17) is 4.74 Å². The zero-order chi connectivity index (χ0) is 17.1. The first-order valence-corrected chi connectivity index (χ1v) is 8.89. The Morgan fingerprint density at radius 2 is 2.12 bits per heavy atom. The molecule has 0 saturated heterocycles. The predicted octanol–water partition coefficient (Wildman–Crippen LogP) is 3.22. The van der Waals surface area contributed by atoms with Crippen LogP contribution in [0.4, 0.5) is 0 Å². The van der Waals surface area contributed by atoms with E-state index in [2.05, 4.69) is 13.0 Å². The number of carbonyl (C=O) groups excluding carboxylic acids is 2. The minimum Gasteiger partial charge on any atom is -0.508 e. The van der Waals surface area contributed by atoms with Crippen molar-refractivity contribution < 1.29 is 19.4 Å². The molecule has 5 unspecified atom stereocenters. The number of ether oxygens (including phenoxy) is 1. The molecule has 0 aliphatic heterocycles. The quantitative estimate of drug-likeness (QED) is 0.635. The zero-order valence-electron chi connectivity index (χ0n) is 14.2. The van der Waals surface area contributed by atoms with Gasteiger partial charge in [-0.05, 0) is 73.1 Å². The Morgan fingerprint density at radius 3 is 2.88 bits per heavy atom. The van der Waals surface area contributed by atoms with Crippen LogP contribution < -0.4 is 0 Å². The van der Waals surface area contributed by atoms with Gasteiger partial charge in [-0.3, -0.25) is 9.59 Å². The zero-order valence-corrected chi connectivity index (χ0v) is 14.2. The van der Waals surface area contributed by atoms with Gasteiger partial charge in [0.1, 0.15) is 11.7 Å². The van der Waals surface area contributed by atoms with Gasteiger partial charge in [0.15, 0.2) is 5.78 Å². The highest BCUT2D eigenvalue weighted by Crippen LogP contribution is 2.60. The Hall–Kier alpha value is -1.84. The minimum atomic E-state index is -0.579. The fraction of sp³-hybridized carbons (Fsp3) is 0.600. The van der Waals surface area contributed by atoms with Crippen molar-refractivity contribution in [3.05, 3.63) is 29.3 Å². The summed E-state index contributed by atoms with van der Waals surface area (Å²) in [7, 11) is 1.37. The van der Waals surface area contributed by atoms with E-state index < -0.39 is 5.92 Å². The number of ketones is 1. The molecule has 128 valence electrons. The standard InChI is InChI=1S/C20H24O4/c1-20-8-7-14-13-6-4-12(21)9-11(13)3-5-15(14)17(20)10-16(18(20)22)19(23)24-2/h4,6,9,14-17,21H,3,5,7-8,10H2,1-2H3. The molecule has 2 saturated carbocycles. The molecule has 0 amide bonds. The summed E-state index contributed by atoms with van der Waals surface area (Å²) in [6.07, 6.45) is 4.42. The highest BCUT2D eigenvalue weighted by Gasteiger charge is 2.59. The number of fused-ring (bicyclic) bond motifs is 5. The van der Waals surface area contributed by atoms with E-state index in [1.54, 1.807) is 6.07 Å². The summed E-state index contributed by atoms with van der Waals surface area (Å²) in [6.45, 7) is 2.06. The first-order chi connectivity index (χ1) is 11.5. The third-order valence-electron chi connectivity index (χ3n) is 6.95. The molecule has 0 heterocycles. The summed E-state index contributed by atoms with van der Waals surface area (Å²) in [5, 5.41) is 9.74. The van der Waals surface area contributed by atoms with E-state index in [1.807, 2.05) is 6.07 Å². The number of hydrogen-bond acceptors (Lipinski definition) is 4. The number of aromatic hydroxyl groups is 1. The van der Waals surface area contributed by atoms with E-state index >= 15 is 0 Å². The topological polar surface area (TPSA) is 63.6 Å². The first-order valence-electron chi connectivity index (χ1n) is 8.89. The van der Waals surface area contributed by atoms with E-state index in [0.29, 0.717) is 24.0 Å². The summed E-state index contributed by atoms with van der Waals surface area (Å²) >= 11 is 0. The van der Waals surface area contributed by atoms with Gasteiger partial charge in [0.2, 0.25) is 0 Å². The number of aryl methyl sites for hydroxylation is 1. The van der Waals surface area contributed by atoms with E-state index in [-0.39, 0.29) is 23.1 Å². The summed E-state index contributed by atoms with van der Waals surface area (Å²) in [5.74, 6) is 0.619. The predicted molar refractivity (Wildman–Crippen MR) is 88.6 cm³/mol. The molecule has 4 nitrogen and oxygen atoms in total. The average Bonchev–Trinajstić information content (AvgIpc) is 2.85. The smallest absolute Gasteiger partial charge is 0.316 e. The van der Waals surface area contributed by atoms with Crippen molar-refractivity contribution in [2.45, 2.75) is 44.9 Å². The summed E-state index contributed by atoms with van der Waals surface area (Å²) in [5.41, 5.74) is 2.20.